The molecule has 0 spiro atoms. The SMILES string of the molecule is C[C@]1(NC2CCCCC2)CCCN(c2ccc(C#N)nc2)C1. The van der Waals surface area contributed by atoms with Gasteiger partial charge in [0.2, 0.25) is 0 Å². The van der Waals surface area contributed by atoms with E-state index >= 15 is 0 Å². The van der Waals surface area contributed by atoms with Crippen molar-refractivity contribution in [1.82, 2.24) is 10.3 Å². The minimum absolute atomic E-state index is 0.189. The Kier molecular flexibility index (Phi) is 4.63. The van der Waals surface area contributed by atoms with E-state index in [-0.39, 0.29) is 5.54 Å². The van der Waals surface area contributed by atoms with Crippen molar-refractivity contribution in [1.29, 1.82) is 5.26 Å². The fraction of sp³-hybridized carbons (Fsp3) is 0.667. The number of hydrogen-bond acceptors (Lipinski definition) is 4. The van der Waals surface area contributed by atoms with Crippen LogP contribution in [0.15, 0.2) is 18.3 Å². The fourth-order valence-electron chi connectivity index (χ4n) is 3.96. The number of nitrogens with one attached hydrogen (secondary N) is 1. The van der Waals surface area contributed by atoms with E-state index in [1.54, 1.807) is 0 Å². The van der Waals surface area contributed by atoms with E-state index in [0.717, 1.165) is 18.8 Å². The quantitative estimate of drug-likeness (QED) is 0.931. The second-order valence-electron chi connectivity index (χ2n) is 7.08. The van der Waals surface area contributed by atoms with Crippen LogP contribution in [0.3, 0.4) is 0 Å². The Morgan fingerprint density at radius 2 is 2.09 bits per heavy atom. The van der Waals surface area contributed by atoms with Gasteiger partial charge in [0.25, 0.3) is 0 Å². The zero-order valence-corrected chi connectivity index (χ0v) is 13.5. The van der Waals surface area contributed by atoms with Crippen molar-refractivity contribution < 1.29 is 0 Å². The lowest BCUT2D eigenvalue weighted by molar-refractivity contribution is 0.232. The van der Waals surface area contributed by atoms with Gasteiger partial charge >= 0.3 is 0 Å². The molecule has 22 heavy (non-hydrogen) atoms. The predicted octanol–water partition coefficient (Wildman–Crippen LogP) is 3.23. The molecule has 2 aliphatic rings. The monoisotopic (exact) mass is 298 g/mol. The molecular formula is C18H26N4. The molecule has 0 amide bonds. The average molecular weight is 298 g/mol. The van der Waals surface area contributed by atoms with Gasteiger partial charge in [-0.1, -0.05) is 19.3 Å². The molecule has 118 valence electrons. The average Bonchev–Trinajstić information content (AvgIpc) is 2.55. The van der Waals surface area contributed by atoms with Crippen molar-refractivity contribution in [2.45, 2.75) is 63.5 Å². The van der Waals surface area contributed by atoms with Crippen molar-refractivity contribution in [2.75, 3.05) is 18.0 Å². The number of piperidine rings is 1. The molecule has 4 heteroatoms. The number of anilines is 1. The third-order valence-electron chi connectivity index (χ3n) is 5.08. The Labute approximate surface area is 133 Å². The van der Waals surface area contributed by atoms with Crippen LogP contribution in [0.4, 0.5) is 5.69 Å². The van der Waals surface area contributed by atoms with Crippen molar-refractivity contribution in [3.63, 3.8) is 0 Å². The molecule has 1 saturated carbocycles. The Hall–Kier alpha value is -1.60. The van der Waals surface area contributed by atoms with Crippen LogP contribution < -0.4 is 10.2 Å². The summed E-state index contributed by atoms with van der Waals surface area (Å²) in [6.07, 6.45) is 11.1. The molecule has 2 fully saturated rings. The van der Waals surface area contributed by atoms with Gasteiger partial charge in [-0.3, -0.25) is 0 Å². The van der Waals surface area contributed by atoms with Gasteiger partial charge in [0.05, 0.1) is 11.9 Å². The summed E-state index contributed by atoms with van der Waals surface area (Å²) in [5, 5.41) is 12.8. The number of nitriles is 1. The third kappa shape index (κ3) is 3.59. The minimum atomic E-state index is 0.189. The first-order chi connectivity index (χ1) is 10.7. The molecule has 1 atom stereocenters. The third-order valence-corrected chi connectivity index (χ3v) is 5.08. The Balaban J connectivity index is 1.65. The Morgan fingerprint density at radius 3 is 2.77 bits per heavy atom. The lowest BCUT2D eigenvalue weighted by Crippen LogP contribution is -2.58. The van der Waals surface area contributed by atoms with Crippen LogP contribution in [0.25, 0.3) is 0 Å². The summed E-state index contributed by atoms with van der Waals surface area (Å²) in [5.74, 6) is 0. The summed E-state index contributed by atoms with van der Waals surface area (Å²) < 4.78 is 0. The molecule has 1 aliphatic carbocycles. The Bertz CT molecular complexity index is 527. The van der Waals surface area contributed by atoms with E-state index < -0.39 is 0 Å². The van der Waals surface area contributed by atoms with E-state index in [1.807, 2.05) is 18.3 Å². The normalized spacial score (nSPS) is 26.6. The predicted molar refractivity (Wildman–Crippen MR) is 88.8 cm³/mol. The topological polar surface area (TPSA) is 52.0 Å². The highest BCUT2D eigenvalue weighted by molar-refractivity contribution is 5.47. The summed E-state index contributed by atoms with van der Waals surface area (Å²) in [5.41, 5.74) is 1.81. The lowest BCUT2D eigenvalue weighted by atomic mass is 9.87. The number of pyridine rings is 1. The molecule has 1 saturated heterocycles. The first kappa shape index (κ1) is 15.3. The van der Waals surface area contributed by atoms with E-state index in [2.05, 4.69) is 28.2 Å². The number of hydrogen-bond donors (Lipinski definition) is 1. The van der Waals surface area contributed by atoms with Crippen LogP contribution in [-0.2, 0) is 0 Å². The van der Waals surface area contributed by atoms with Crippen LogP contribution >= 0.6 is 0 Å². The zero-order chi connectivity index (χ0) is 15.4. The summed E-state index contributed by atoms with van der Waals surface area (Å²) in [6.45, 7) is 4.47. The second-order valence-corrected chi connectivity index (χ2v) is 7.08. The van der Waals surface area contributed by atoms with E-state index in [9.17, 15) is 0 Å². The fourth-order valence-corrected chi connectivity index (χ4v) is 3.96. The summed E-state index contributed by atoms with van der Waals surface area (Å²) in [7, 11) is 0. The Morgan fingerprint density at radius 1 is 1.27 bits per heavy atom. The first-order valence-corrected chi connectivity index (χ1v) is 8.57. The molecule has 0 aromatic carbocycles. The van der Waals surface area contributed by atoms with E-state index in [1.165, 1.54) is 44.9 Å². The summed E-state index contributed by atoms with van der Waals surface area (Å²) in [4.78, 5) is 6.62. The van der Waals surface area contributed by atoms with Crippen LogP contribution in [-0.4, -0.2) is 29.7 Å². The molecule has 3 rings (SSSR count). The highest BCUT2D eigenvalue weighted by Crippen LogP contribution is 2.28. The van der Waals surface area contributed by atoms with Crippen molar-refractivity contribution in [3.05, 3.63) is 24.0 Å². The molecule has 0 radical (unpaired) electrons. The van der Waals surface area contributed by atoms with Crippen molar-refractivity contribution in [3.8, 4) is 6.07 Å². The van der Waals surface area contributed by atoms with E-state index in [0.29, 0.717) is 11.7 Å². The largest absolute Gasteiger partial charge is 0.368 e. The smallest absolute Gasteiger partial charge is 0.140 e. The van der Waals surface area contributed by atoms with Crippen LogP contribution in [0.5, 0.6) is 0 Å². The highest BCUT2D eigenvalue weighted by atomic mass is 15.2. The van der Waals surface area contributed by atoms with Crippen molar-refractivity contribution in [2.24, 2.45) is 0 Å². The standard InChI is InChI=1S/C18H26N4/c1-18(21-15-6-3-2-4-7-15)10-5-11-22(14-18)17-9-8-16(12-19)20-13-17/h8-9,13,15,21H,2-7,10-11,14H2,1H3/t18-/m0/s1. The molecule has 4 nitrogen and oxygen atoms in total. The second kappa shape index (κ2) is 6.66. The van der Waals surface area contributed by atoms with Gasteiger partial charge in [-0.05, 0) is 44.7 Å². The lowest BCUT2D eigenvalue weighted by Gasteiger charge is -2.44. The number of nitrogens with zero attached hydrogens (tertiary/aromatic N) is 3. The molecule has 1 N–H and O–H groups in total. The van der Waals surface area contributed by atoms with E-state index in [4.69, 9.17) is 5.26 Å². The van der Waals surface area contributed by atoms with Gasteiger partial charge < -0.3 is 10.2 Å². The maximum absolute atomic E-state index is 8.87. The molecule has 1 aromatic rings. The van der Waals surface area contributed by atoms with Gasteiger partial charge in [-0.2, -0.15) is 5.26 Å². The van der Waals surface area contributed by atoms with Gasteiger partial charge in [0.15, 0.2) is 0 Å². The first-order valence-electron chi connectivity index (χ1n) is 8.57. The molecular weight excluding hydrogens is 272 g/mol. The summed E-state index contributed by atoms with van der Waals surface area (Å²) >= 11 is 0. The van der Waals surface area contributed by atoms with Crippen molar-refractivity contribution >= 4 is 5.69 Å². The van der Waals surface area contributed by atoms with Gasteiger partial charge in [-0.25, -0.2) is 4.98 Å². The number of aromatic nitrogens is 1. The van der Waals surface area contributed by atoms with Gasteiger partial charge in [0, 0.05) is 24.7 Å². The molecule has 1 aliphatic heterocycles. The molecule has 2 heterocycles. The molecule has 1 aromatic heterocycles. The highest BCUT2D eigenvalue weighted by Gasteiger charge is 2.33. The minimum Gasteiger partial charge on any atom is -0.368 e. The van der Waals surface area contributed by atoms with Gasteiger partial charge in [0.1, 0.15) is 11.8 Å². The van der Waals surface area contributed by atoms with Gasteiger partial charge in [-0.15, -0.1) is 0 Å². The maximum Gasteiger partial charge on any atom is 0.140 e. The van der Waals surface area contributed by atoms with Crippen LogP contribution in [0.1, 0.15) is 57.6 Å². The number of rotatable bonds is 3. The van der Waals surface area contributed by atoms with Crippen LogP contribution in [0, 0.1) is 11.3 Å². The zero-order valence-electron chi connectivity index (χ0n) is 13.5. The summed E-state index contributed by atoms with van der Waals surface area (Å²) in [6, 6.07) is 6.62. The molecule has 0 bridgehead atoms. The molecule has 0 unspecified atom stereocenters. The maximum atomic E-state index is 8.87. The van der Waals surface area contributed by atoms with Crippen LogP contribution in [0.2, 0.25) is 0 Å².